The maximum Gasteiger partial charge on any atom is 0.219 e. The van der Waals surface area contributed by atoms with Crippen molar-refractivity contribution in [3.63, 3.8) is 0 Å². The molecule has 0 radical (unpaired) electrons. The van der Waals surface area contributed by atoms with Crippen molar-refractivity contribution in [2.75, 3.05) is 13.7 Å². The number of allylic oxidation sites excluding steroid dienone is 1. The Morgan fingerprint density at radius 2 is 2.10 bits per heavy atom. The molecule has 6 heteroatoms. The zero-order chi connectivity index (χ0) is 14.5. The van der Waals surface area contributed by atoms with Crippen molar-refractivity contribution in [2.45, 2.75) is 12.7 Å². The molecule has 0 saturated heterocycles. The number of thiocarbonyl (C=S) groups is 1. The number of thioether (sulfide) groups is 1. The highest BCUT2D eigenvalue weighted by Crippen LogP contribution is 2.21. The van der Waals surface area contributed by atoms with Gasteiger partial charge in [-0.15, -0.1) is 0 Å². The number of nitrogens with one attached hydrogen (secondary N) is 2. The van der Waals surface area contributed by atoms with Gasteiger partial charge < -0.3 is 15.4 Å². The lowest BCUT2D eigenvalue weighted by Crippen LogP contribution is -2.42. The Morgan fingerprint density at radius 1 is 1.40 bits per heavy atom. The van der Waals surface area contributed by atoms with Gasteiger partial charge in [0.25, 0.3) is 0 Å². The van der Waals surface area contributed by atoms with Crippen LogP contribution in [0.1, 0.15) is 12.5 Å². The molecule has 1 aliphatic heterocycles. The smallest absolute Gasteiger partial charge is 0.219 e. The SMILES string of the molecule is COc1ccc(CSC(=O)C2=C(C)NC(=S)NC2)cc1. The number of rotatable bonds is 4. The summed E-state index contributed by atoms with van der Waals surface area (Å²) in [7, 11) is 1.63. The van der Waals surface area contributed by atoms with Crippen molar-refractivity contribution >= 4 is 34.2 Å². The number of hydrogen-bond acceptors (Lipinski definition) is 4. The third-order valence-corrected chi connectivity index (χ3v) is 4.19. The number of carbonyl (C=O) groups is 1. The van der Waals surface area contributed by atoms with E-state index in [-0.39, 0.29) is 5.12 Å². The Labute approximate surface area is 128 Å². The first-order valence-corrected chi connectivity index (χ1v) is 7.54. The summed E-state index contributed by atoms with van der Waals surface area (Å²) in [6.45, 7) is 2.36. The van der Waals surface area contributed by atoms with E-state index in [4.69, 9.17) is 17.0 Å². The lowest BCUT2D eigenvalue weighted by molar-refractivity contribution is -0.108. The predicted molar refractivity (Wildman–Crippen MR) is 85.7 cm³/mol. The van der Waals surface area contributed by atoms with Crippen LogP contribution in [0.25, 0.3) is 0 Å². The first kappa shape index (κ1) is 14.9. The molecule has 4 nitrogen and oxygen atoms in total. The molecule has 2 rings (SSSR count). The Hall–Kier alpha value is -1.53. The number of benzene rings is 1. The van der Waals surface area contributed by atoms with E-state index in [2.05, 4.69) is 10.6 Å². The summed E-state index contributed by atoms with van der Waals surface area (Å²) in [4.78, 5) is 12.2. The van der Waals surface area contributed by atoms with Crippen LogP contribution >= 0.6 is 24.0 Å². The number of carbonyl (C=O) groups excluding carboxylic acids is 1. The quantitative estimate of drug-likeness (QED) is 0.832. The molecule has 0 bridgehead atoms. The Balaban J connectivity index is 1.94. The topological polar surface area (TPSA) is 50.4 Å². The molecule has 1 aromatic rings. The van der Waals surface area contributed by atoms with Gasteiger partial charge in [-0.2, -0.15) is 0 Å². The summed E-state index contributed by atoms with van der Waals surface area (Å²) >= 11 is 6.29. The average molecular weight is 308 g/mol. The average Bonchev–Trinajstić information content (AvgIpc) is 2.45. The molecule has 0 fully saturated rings. The number of hydrogen-bond donors (Lipinski definition) is 2. The summed E-state index contributed by atoms with van der Waals surface area (Å²) in [5.74, 6) is 1.46. The van der Waals surface area contributed by atoms with Gasteiger partial charge in [-0.05, 0) is 36.8 Å². The van der Waals surface area contributed by atoms with Crippen LogP contribution in [0.15, 0.2) is 35.5 Å². The zero-order valence-corrected chi connectivity index (χ0v) is 13.0. The van der Waals surface area contributed by atoms with E-state index < -0.39 is 0 Å². The van der Waals surface area contributed by atoms with E-state index in [1.807, 2.05) is 31.2 Å². The van der Waals surface area contributed by atoms with Gasteiger partial charge in [0.1, 0.15) is 5.75 Å². The predicted octanol–water partition coefficient (Wildman–Crippen LogP) is 2.21. The fourth-order valence-corrected chi connectivity index (χ4v) is 2.89. The summed E-state index contributed by atoms with van der Waals surface area (Å²) in [6, 6.07) is 7.72. The largest absolute Gasteiger partial charge is 0.497 e. The minimum absolute atomic E-state index is 0.0702. The molecule has 20 heavy (non-hydrogen) atoms. The van der Waals surface area contributed by atoms with Crippen molar-refractivity contribution in [1.82, 2.24) is 10.6 Å². The van der Waals surface area contributed by atoms with E-state index in [1.54, 1.807) is 7.11 Å². The van der Waals surface area contributed by atoms with Crippen LogP contribution < -0.4 is 15.4 Å². The number of ether oxygens (including phenoxy) is 1. The Bertz CT molecular complexity index is 553. The van der Waals surface area contributed by atoms with Crippen molar-refractivity contribution in [3.05, 3.63) is 41.1 Å². The van der Waals surface area contributed by atoms with E-state index in [1.165, 1.54) is 11.8 Å². The van der Waals surface area contributed by atoms with Crippen LogP contribution in [0.4, 0.5) is 0 Å². The van der Waals surface area contributed by atoms with Crippen molar-refractivity contribution < 1.29 is 9.53 Å². The summed E-state index contributed by atoms with van der Waals surface area (Å²) < 4.78 is 5.10. The third-order valence-electron chi connectivity index (χ3n) is 2.95. The third kappa shape index (κ3) is 3.74. The fraction of sp³-hybridized carbons (Fsp3) is 0.286. The molecule has 106 valence electrons. The van der Waals surface area contributed by atoms with Crippen LogP contribution in [0.2, 0.25) is 0 Å². The summed E-state index contributed by atoms with van der Waals surface area (Å²) in [6.07, 6.45) is 0. The second-order valence-corrected chi connectivity index (χ2v) is 5.69. The maximum absolute atomic E-state index is 12.2. The normalized spacial score (nSPS) is 14.6. The summed E-state index contributed by atoms with van der Waals surface area (Å²) in [5.41, 5.74) is 2.67. The minimum atomic E-state index is 0.0702. The lowest BCUT2D eigenvalue weighted by atomic mass is 10.2. The highest BCUT2D eigenvalue weighted by Gasteiger charge is 2.18. The lowest BCUT2D eigenvalue weighted by Gasteiger charge is -2.20. The molecule has 0 aliphatic carbocycles. The van der Waals surface area contributed by atoms with Crippen LogP contribution in [0, 0.1) is 0 Å². The van der Waals surface area contributed by atoms with Gasteiger partial charge in [0.15, 0.2) is 5.11 Å². The van der Waals surface area contributed by atoms with Crippen molar-refractivity contribution in [2.24, 2.45) is 0 Å². The molecule has 1 aromatic carbocycles. The highest BCUT2D eigenvalue weighted by molar-refractivity contribution is 8.13. The molecular weight excluding hydrogens is 292 g/mol. The van der Waals surface area contributed by atoms with Crippen LogP contribution in [0.3, 0.4) is 0 Å². The van der Waals surface area contributed by atoms with E-state index in [9.17, 15) is 4.79 Å². The second kappa shape index (κ2) is 6.76. The van der Waals surface area contributed by atoms with Gasteiger partial charge in [-0.3, -0.25) is 4.79 Å². The minimum Gasteiger partial charge on any atom is -0.497 e. The Kier molecular flexibility index (Phi) is 5.03. The van der Waals surface area contributed by atoms with Crippen LogP contribution in [-0.4, -0.2) is 23.9 Å². The second-order valence-electron chi connectivity index (χ2n) is 4.34. The molecule has 0 spiro atoms. The first-order valence-electron chi connectivity index (χ1n) is 6.15. The van der Waals surface area contributed by atoms with Gasteiger partial charge in [0.05, 0.1) is 7.11 Å². The molecule has 0 aromatic heterocycles. The van der Waals surface area contributed by atoms with Gasteiger partial charge in [0.2, 0.25) is 5.12 Å². The van der Waals surface area contributed by atoms with Gasteiger partial charge in [-0.25, -0.2) is 0 Å². The number of methoxy groups -OCH3 is 1. The van der Waals surface area contributed by atoms with Gasteiger partial charge >= 0.3 is 0 Å². The highest BCUT2D eigenvalue weighted by atomic mass is 32.2. The maximum atomic E-state index is 12.2. The first-order chi connectivity index (χ1) is 9.60. The van der Waals surface area contributed by atoms with Gasteiger partial charge in [-0.1, -0.05) is 23.9 Å². The van der Waals surface area contributed by atoms with Gasteiger partial charge in [0, 0.05) is 23.6 Å². The fourth-order valence-electron chi connectivity index (χ4n) is 1.77. The molecule has 1 heterocycles. The monoisotopic (exact) mass is 308 g/mol. The van der Waals surface area contributed by atoms with Crippen molar-refractivity contribution in [1.29, 1.82) is 0 Å². The van der Waals surface area contributed by atoms with Crippen LogP contribution in [0.5, 0.6) is 5.75 Å². The van der Waals surface area contributed by atoms with E-state index in [0.29, 0.717) is 17.4 Å². The molecule has 0 atom stereocenters. The standard InChI is InChI=1S/C14H16N2O2S2/c1-9-12(7-15-14(19)16-9)13(17)20-8-10-3-5-11(18-2)6-4-10/h3-6H,7-8H2,1-2H3,(H2,15,16,19). The molecule has 2 N–H and O–H groups in total. The molecule has 1 aliphatic rings. The zero-order valence-electron chi connectivity index (χ0n) is 11.4. The van der Waals surface area contributed by atoms with Crippen LogP contribution in [-0.2, 0) is 10.5 Å². The van der Waals surface area contributed by atoms with E-state index in [0.717, 1.165) is 22.6 Å². The molecule has 0 saturated carbocycles. The molecular formula is C14H16N2O2S2. The Morgan fingerprint density at radius 3 is 2.70 bits per heavy atom. The van der Waals surface area contributed by atoms with Crippen molar-refractivity contribution in [3.8, 4) is 5.75 Å². The molecule has 0 unspecified atom stereocenters. The van der Waals surface area contributed by atoms with E-state index >= 15 is 0 Å². The summed E-state index contributed by atoms with van der Waals surface area (Å²) in [5, 5.41) is 6.58. The molecule has 0 amide bonds.